The predicted molar refractivity (Wildman–Crippen MR) is 151 cm³/mol. The molecule has 4 aromatic rings. The Morgan fingerprint density at radius 1 is 0.692 bits per heavy atom. The molecule has 11 heteroatoms. The fraction of sp³-hybridized carbons (Fsp3) is 0.107. The summed E-state index contributed by atoms with van der Waals surface area (Å²) in [6.07, 6.45) is 0. The second kappa shape index (κ2) is 11.2. The minimum atomic E-state index is -3.96. The molecule has 0 aromatic heterocycles. The lowest BCUT2D eigenvalue weighted by Crippen LogP contribution is -2.17. The SMILES string of the molecule is COc1ccc(NS(=O)(=O)c2ccc(NC(=O)c3ccc(C)c(S(=O)(=O)Nc4ccccc4C)c3)cc2)cc1. The van der Waals surface area contributed by atoms with Gasteiger partial charge in [-0.3, -0.25) is 14.2 Å². The molecule has 0 bridgehead atoms. The molecule has 0 spiro atoms. The van der Waals surface area contributed by atoms with E-state index in [4.69, 9.17) is 4.74 Å². The van der Waals surface area contributed by atoms with Gasteiger partial charge in [-0.1, -0.05) is 24.3 Å². The summed E-state index contributed by atoms with van der Waals surface area (Å²) < 4.78 is 61.8. The molecule has 0 radical (unpaired) electrons. The first kappa shape index (κ1) is 27.7. The summed E-state index contributed by atoms with van der Waals surface area (Å²) in [6, 6.07) is 23.4. The van der Waals surface area contributed by atoms with Crippen molar-refractivity contribution in [3.8, 4) is 5.75 Å². The molecule has 0 aliphatic carbocycles. The van der Waals surface area contributed by atoms with Crippen LogP contribution in [-0.2, 0) is 20.0 Å². The molecule has 3 N–H and O–H groups in total. The molecular formula is C28H27N3O6S2. The van der Waals surface area contributed by atoms with E-state index < -0.39 is 26.0 Å². The van der Waals surface area contributed by atoms with E-state index in [0.29, 0.717) is 28.4 Å². The lowest BCUT2D eigenvalue weighted by atomic mass is 10.1. The number of benzene rings is 4. The molecule has 0 atom stereocenters. The predicted octanol–water partition coefficient (Wildman–Crippen LogP) is 5.17. The van der Waals surface area contributed by atoms with Gasteiger partial charge in [0.15, 0.2) is 0 Å². The maximum Gasteiger partial charge on any atom is 0.262 e. The number of anilines is 3. The van der Waals surface area contributed by atoms with E-state index in [2.05, 4.69) is 14.8 Å². The van der Waals surface area contributed by atoms with Crippen molar-refractivity contribution in [3.63, 3.8) is 0 Å². The molecule has 202 valence electrons. The molecule has 9 nitrogen and oxygen atoms in total. The van der Waals surface area contributed by atoms with Gasteiger partial charge in [0.2, 0.25) is 0 Å². The van der Waals surface area contributed by atoms with Crippen molar-refractivity contribution in [1.82, 2.24) is 0 Å². The molecule has 0 saturated carbocycles. The van der Waals surface area contributed by atoms with Crippen LogP contribution in [0.2, 0.25) is 0 Å². The van der Waals surface area contributed by atoms with E-state index in [1.54, 1.807) is 62.4 Å². The summed E-state index contributed by atoms with van der Waals surface area (Å²) in [4.78, 5) is 12.9. The standard InChI is InChI=1S/C28H27N3O6S2/c1-19-6-4-5-7-26(19)31-39(35,36)27-18-21(9-8-20(27)2)28(32)29-22-12-16-25(17-13-22)38(33,34)30-23-10-14-24(37-3)15-11-23/h4-18,30-31H,1-3H3,(H,29,32). The Morgan fingerprint density at radius 2 is 1.33 bits per heavy atom. The number of methoxy groups -OCH3 is 1. The van der Waals surface area contributed by atoms with E-state index in [9.17, 15) is 21.6 Å². The first-order valence-corrected chi connectivity index (χ1v) is 14.7. The van der Waals surface area contributed by atoms with Crippen LogP contribution in [0.3, 0.4) is 0 Å². The number of rotatable bonds is 9. The highest BCUT2D eigenvalue weighted by molar-refractivity contribution is 7.93. The average molecular weight is 566 g/mol. The molecule has 0 heterocycles. The van der Waals surface area contributed by atoms with E-state index in [-0.39, 0.29) is 15.4 Å². The summed E-state index contributed by atoms with van der Waals surface area (Å²) in [5.74, 6) is 0.0493. The van der Waals surface area contributed by atoms with Crippen molar-refractivity contribution in [2.24, 2.45) is 0 Å². The zero-order valence-electron chi connectivity index (χ0n) is 21.4. The van der Waals surface area contributed by atoms with E-state index in [0.717, 1.165) is 5.56 Å². The zero-order valence-corrected chi connectivity index (χ0v) is 23.1. The fourth-order valence-corrected chi connectivity index (χ4v) is 6.17. The second-order valence-electron chi connectivity index (χ2n) is 8.71. The number of para-hydroxylation sites is 1. The van der Waals surface area contributed by atoms with E-state index in [1.807, 2.05) is 6.07 Å². The van der Waals surface area contributed by atoms with Crippen molar-refractivity contribution < 1.29 is 26.4 Å². The van der Waals surface area contributed by atoms with Crippen LogP contribution in [0.4, 0.5) is 17.1 Å². The van der Waals surface area contributed by atoms with Gasteiger partial charge >= 0.3 is 0 Å². The first-order valence-electron chi connectivity index (χ1n) is 11.8. The van der Waals surface area contributed by atoms with Crippen molar-refractivity contribution in [3.05, 3.63) is 108 Å². The molecule has 0 aliphatic heterocycles. The molecular weight excluding hydrogens is 538 g/mol. The Labute approximate surface area is 228 Å². The van der Waals surface area contributed by atoms with Crippen LogP contribution < -0.4 is 19.5 Å². The van der Waals surface area contributed by atoms with Crippen LogP contribution in [0.5, 0.6) is 5.75 Å². The fourth-order valence-electron chi connectivity index (χ4n) is 3.71. The molecule has 4 aromatic carbocycles. The van der Waals surface area contributed by atoms with Crippen LogP contribution in [0.15, 0.2) is 101 Å². The summed E-state index contributed by atoms with van der Waals surface area (Å²) >= 11 is 0. The zero-order chi connectivity index (χ0) is 28.2. The molecule has 0 aliphatic rings. The number of aryl methyl sites for hydroxylation is 2. The molecule has 1 amide bonds. The molecule has 0 unspecified atom stereocenters. The summed E-state index contributed by atoms with van der Waals surface area (Å²) in [5, 5.41) is 2.67. The third-order valence-electron chi connectivity index (χ3n) is 5.89. The highest BCUT2D eigenvalue weighted by Crippen LogP contribution is 2.24. The van der Waals surface area contributed by atoms with E-state index in [1.165, 1.54) is 43.5 Å². The molecule has 0 fully saturated rings. The summed E-state index contributed by atoms with van der Waals surface area (Å²) in [7, 11) is -6.30. The summed E-state index contributed by atoms with van der Waals surface area (Å²) in [6.45, 7) is 3.44. The van der Waals surface area contributed by atoms with Crippen LogP contribution >= 0.6 is 0 Å². The van der Waals surface area contributed by atoms with Crippen LogP contribution in [0.25, 0.3) is 0 Å². The lowest BCUT2D eigenvalue weighted by Gasteiger charge is -2.14. The van der Waals surface area contributed by atoms with Gasteiger partial charge in [0, 0.05) is 16.9 Å². The Bertz CT molecular complexity index is 1720. The average Bonchev–Trinajstić information content (AvgIpc) is 2.90. The number of carbonyl (C=O) groups is 1. The van der Waals surface area contributed by atoms with Gasteiger partial charge in [-0.2, -0.15) is 0 Å². The van der Waals surface area contributed by atoms with Gasteiger partial charge in [0.25, 0.3) is 26.0 Å². The third kappa shape index (κ3) is 6.57. The van der Waals surface area contributed by atoms with Gasteiger partial charge in [-0.15, -0.1) is 0 Å². The molecule has 39 heavy (non-hydrogen) atoms. The number of nitrogens with one attached hydrogen (secondary N) is 3. The van der Waals surface area contributed by atoms with Crippen LogP contribution in [0.1, 0.15) is 21.5 Å². The first-order chi connectivity index (χ1) is 18.5. The van der Waals surface area contributed by atoms with E-state index >= 15 is 0 Å². The van der Waals surface area contributed by atoms with Gasteiger partial charge in [-0.05, 0) is 91.7 Å². The van der Waals surface area contributed by atoms with Crippen molar-refractivity contribution in [2.45, 2.75) is 23.6 Å². The smallest absolute Gasteiger partial charge is 0.262 e. The highest BCUT2D eigenvalue weighted by Gasteiger charge is 2.20. The normalized spacial score (nSPS) is 11.5. The molecule has 0 saturated heterocycles. The second-order valence-corrected chi connectivity index (χ2v) is 12.0. The minimum absolute atomic E-state index is 0.00214. The number of amides is 1. The Kier molecular flexibility index (Phi) is 7.93. The monoisotopic (exact) mass is 565 g/mol. The lowest BCUT2D eigenvalue weighted by molar-refractivity contribution is 0.102. The topological polar surface area (TPSA) is 131 Å². The van der Waals surface area contributed by atoms with Crippen molar-refractivity contribution in [1.29, 1.82) is 0 Å². The van der Waals surface area contributed by atoms with Crippen molar-refractivity contribution >= 4 is 43.0 Å². The van der Waals surface area contributed by atoms with Gasteiger partial charge in [0.1, 0.15) is 5.75 Å². The Morgan fingerprint density at radius 3 is 1.97 bits per heavy atom. The molecule has 4 rings (SSSR count). The van der Waals surface area contributed by atoms with Crippen LogP contribution in [-0.4, -0.2) is 29.9 Å². The summed E-state index contributed by atoms with van der Waals surface area (Å²) in [5.41, 5.74) is 2.53. The Hall–Kier alpha value is -4.35. The van der Waals surface area contributed by atoms with Crippen LogP contribution in [0, 0.1) is 13.8 Å². The van der Waals surface area contributed by atoms with Gasteiger partial charge < -0.3 is 10.1 Å². The number of sulfonamides is 2. The maximum absolute atomic E-state index is 13.1. The highest BCUT2D eigenvalue weighted by atomic mass is 32.2. The minimum Gasteiger partial charge on any atom is -0.497 e. The largest absolute Gasteiger partial charge is 0.497 e. The number of carbonyl (C=O) groups excluding carboxylic acids is 1. The van der Waals surface area contributed by atoms with Crippen molar-refractivity contribution in [2.75, 3.05) is 21.9 Å². The Balaban J connectivity index is 1.49. The quantitative estimate of drug-likeness (QED) is 0.257. The number of ether oxygens (including phenoxy) is 1. The van der Waals surface area contributed by atoms with Gasteiger partial charge in [-0.25, -0.2) is 16.8 Å². The number of hydrogen-bond acceptors (Lipinski definition) is 6. The van der Waals surface area contributed by atoms with Gasteiger partial charge in [0.05, 0.1) is 22.6 Å². The maximum atomic E-state index is 13.1. The third-order valence-corrected chi connectivity index (χ3v) is 8.80. The number of hydrogen-bond donors (Lipinski definition) is 3.